The summed E-state index contributed by atoms with van der Waals surface area (Å²) >= 11 is 5.94. The number of hydrogen-bond acceptors (Lipinski definition) is 7. The van der Waals surface area contributed by atoms with Crippen LogP contribution in [0, 0.1) is 16.0 Å². The third-order valence-electron chi connectivity index (χ3n) is 5.10. The van der Waals surface area contributed by atoms with Crippen molar-refractivity contribution in [3.8, 4) is 0 Å². The van der Waals surface area contributed by atoms with Crippen LogP contribution < -0.4 is 0 Å². The molecule has 2 aliphatic rings. The summed E-state index contributed by atoms with van der Waals surface area (Å²) in [5, 5.41) is 15.9. The number of nitro groups is 1. The van der Waals surface area contributed by atoms with Crippen molar-refractivity contribution in [2.45, 2.75) is 44.2 Å². The predicted octanol–water partition coefficient (Wildman–Crippen LogP) is 2.76. The lowest BCUT2D eigenvalue weighted by Crippen LogP contribution is -2.55. The number of rotatable bonds is 4. The lowest BCUT2D eigenvalue weighted by Gasteiger charge is -2.39. The summed E-state index contributed by atoms with van der Waals surface area (Å²) in [6, 6.07) is 5.46. The minimum atomic E-state index is -1.40. The molecule has 1 fully saturated rings. The van der Waals surface area contributed by atoms with E-state index in [0.29, 0.717) is 10.6 Å². The van der Waals surface area contributed by atoms with Gasteiger partial charge in [-0.25, -0.2) is 0 Å². The van der Waals surface area contributed by atoms with Crippen LogP contribution in [0.1, 0.15) is 38.2 Å². The minimum Gasteiger partial charge on any atom is -0.465 e. The van der Waals surface area contributed by atoms with E-state index in [-0.39, 0.29) is 25.2 Å². The Labute approximate surface area is 160 Å². The van der Waals surface area contributed by atoms with Gasteiger partial charge in [-0.3, -0.25) is 19.7 Å². The molecular formula is C18H19ClN2O6. The van der Waals surface area contributed by atoms with Gasteiger partial charge in [0.15, 0.2) is 5.78 Å². The maximum Gasteiger partial charge on any atom is 0.317 e. The van der Waals surface area contributed by atoms with E-state index in [2.05, 4.69) is 5.16 Å². The summed E-state index contributed by atoms with van der Waals surface area (Å²) in [6.07, 6.45) is -0.177. The Kier molecular flexibility index (Phi) is 5.19. The minimum absolute atomic E-state index is 0.0936. The van der Waals surface area contributed by atoms with Gasteiger partial charge < -0.3 is 9.57 Å². The topological polar surface area (TPSA) is 108 Å². The van der Waals surface area contributed by atoms with Gasteiger partial charge in [0.05, 0.1) is 13.0 Å². The normalized spacial score (nSPS) is 30.0. The molecule has 0 saturated heterocycles. The van der Waals surface area contributed by atoms with Crippen molar-refractivity contribution in [3.05, 3.63) is 45.0 Å². The van der Waals surface area contributed by atoms with Gasteiger partial charge in [-0.15, -0.1) is 0 Å². The Balaban J connectivity index is 2.03. The highest BCUT2D eigenvalue weighted by atomic mass is 35.5. The standard InChI is InChI=1S/C18H19ClN2O6/c1-3-26-17(23)15-13(11-4-6-12(19)7-5-11)8-18(9-14(15)22)16(21(24)25)10(2)20-27-18/h4-7,13,15-16H,3,8-9H2,1-2H3/t13-,15-,16-,18+/m0/s1. The number of carbonyl (C=O) groups is 2. The van der Waals surface area contributed by atoms with Crippen LogP contribution in [0.3, 0.4) is 0 Å². The highest BCUT2D eigenvalue weighted by Crippen LogP contribution is 2.47. The van der Waals surface area contributed by atoms with Gasteiger partial charge in [-0.2, -0.15) is 0 Å². The van der Waals surface area contributed by atoms with Crippen LogP contribution in [-0.2, 0) is 19.2 Å². The van der Waals surface area contributed by atoms with Crippen molar-refractivity contribution < 1.29 is 24.1 Å². The number of oxime groups is 1. The molecule has 1 aromatic carbocycles. The molecule has 0 radical (unpaired) electrons. The fourth-order valence-electron chi connectivity index (χ4n) is 4.01. The van der Waals surface area contributed by atoms with E-state index in [4.69, 9.17) is 21.2 Å². The third kappa shape index (κ3) is 3.41. The molecule has 27 heavy (non-hydrogen) atoms. The molecule has 0 bridgehead atoms. The van der Waals surface area contributed by atoms with Crippen molar-refractivity contribution in [3.63, 3.8) is 0 Å². The second kappa shape index (κ2) is 7.26. The zero-order chi connectivity index (χ0) is 19.8. The molecule has 0 amide bonds. The van der Waals surface area contributed by atoms with E-state index in [9.17, 15) is 19.7 Å². The summed E-state index contributed by atoms with van der Waals surface area (Å²) in [7, 11) is 0. The van der Waals surface area contributed by atoms with Crippen LogP contribution in [0.15, 0.2) is 29.4 Å². The van der Waals surface area contributed by atoms with Crippen molar-refractivity contribution in [1.82, 2.24) is 0 Å². The van der Waals surface area contributed by atoms with E-state index in [1.165, 1.54) is 6.92 Å². The summed E-state index contributed by atoms with van der Waals surface area (Å²) in [4.78, 5) is 42.0. The molecule has 8 nitrogen and oxygen atoms in total. The van der Waals surface area contributed by atoms with Crippen molar-refractivity contribution >= 4 is 29.1 Å². The molecule has 0 aromatic heterocycles. The van der Waals surface area contributed by atoms with Crippen molar-refractivity contribution in [2.24, 2.45) is 11.1 Å². The lowest BCUT2D eigenvalue weighted by molar-refractivity contribution is -0.523. The highest BCUT2D eigenvalue weighted by molar-refractivity contribution is 6.30. The Morgan fingerprint density at radius 1 is 1.44 bits per heavy atom. The number of halogens is 1. The van der Waals surface area contributed by atoms with Crippen LogP contribution in [0.5, 0.6) is 0 Å². The van der Waals surface area contributed by atoms with E-state index < -0.39 is 40.2 Å². The molecule has 1 spiro atoms. The summed E-state index contributed by atoms with van der Waals surface area (Å²) in [5.41, 5.74) is -0.532. The first-order chi connectivity index (χ1) is 12.8. The first-order valence-corrected chi connectivity index (χ1v) is 8.98. The van der Waals surface area contributed by atoms with Gasteiger partial charge >= 0.3 is 5.97 Å². The molecular weight excluding hydrogens is 376 g/mol. The molecule has 9 heteroatoms. The number of nitrogens with zero attached hydrogens (tertiary/aromatic N) is 2. The molecule has 0 unspecified atom stereocenters. The maximum atomic E-state index is 12.9. The van der Waals surface area contributed by atoms with E-state index in [1.807, 2.05) is 0 Å². The number of benzene rings is 1. The number of carbonyl (C=O) groups excluding carboxylic acids is 2. The Morgan fingerprint density at radius 3 is 2.70 bits per heavy atom. The Hall–Kier alpha value is -2.48. The third-order valence-corrected chi connectivity index (χ3v) is 5.36. The van der Waals surface area contributed by atoms with E-state index in [0.717, 1.165) is 0 Å². The molecule has 1 heterocycles. The van der Waals surface area contributed by atoms with Crippen LogP contribution in [0.25, 0.3) is 0 Å². The van der Waals surface area contributed by atoms with E-state index in [1.54, 1.807) is 31.2 Å². The second-order valence-corrected chi connectivity index (χ2v) is 7.25. The maximum absolute atomic E-state index is 12.9. The predicted molar refractivity (Wildman–Crippen MR) is 96.3 cm³/mol. The van der Waals surface area contributed by atoms with Crippen molar-refractivity contribution in [2.75, 3.05) is 6.61 Å². The molecule has 1 aromatic rings. The van der Waals surface area contributed by atoms with Gasteiger partial charge in [0.2, 0.25) is 5.60 Å². The number of Topliss-reactive ketones (excluding diaryl/α,β-unsaturated/α-hetero) is 1. The van der Waals surface area contributed by atoms with Gasteiger partial charge in [-0.1, -0.05) is 28.9 Å². The number of ketones is 1. The molecule has 3 rings (SSSR count). The fraction of sp³-hybridized carbons (Fsp3) is 0.500. The average Bonchev–Trinajstić information content (AvgIpc) is 2.90. The lowest BCUT2D eigenvalue weighted by atomic mass is 9.65. The fourth-order valence-corrected chi connectivity index (χ4v) is 4.13. The first kappa shape index (κ1) is 19.3. The molecule has 0 N–H and O–H groups in total. The van der Waals surface area contributed by atoms with Crippen LogP contribution >= 0.6 is 11.6 Å². The van der Waals surface area contributed by atoms with Crippen molar-refractivity contribution in [1.29, 1.82) is 0 Å². The zero-order valence-electron chi connectivity index (χ0n) is 14.9. The van der Waals surface area contributed by atoms with Gasteiger partial charge in [-0.05, 0) is 31.5 Å². The molecule has 1 aliphatic heterocycles. The van der Waals surface area contributed by atoms with Crippen LogP contribution in [0.4, 0.5) is 0 Å². The molecule has 1 aliphatic carbocycles. The van der Waals surface area contributed by atoms with Crippen LogP contribution in [-0.4, -0.2) is 40.6 Å². The quantitative estimate of drug-likeness (QED) is 0.336. The zero-order valence-corrected chi connectivity index (χ0v) is 15.6. The number of hydrogen-bond donors (Lipinski definition) is 0. The van der Waals surface area contributed by atoms with Crippen LogP contribution in [0.2, 0.25) is 5.02 Å². The SMILES string of the molecule is CCOC(=O)[C@@H]1C(=O)C[C@@]2(C[C@H]1c1ccc(Cl)cc1)ON=C(C)[C@@H]2[N+](=O)[O-]. The molecule has 1 saturated carbocycles. The number of esters is 1. The molecule has 4 atom stereocenters. The smallest absolute Gasteiger partial charge is 0.317 e. The summed E-state index contributed by atoms with van der Waals surface area (Å²) < 4.78 is 5.08. The Bertz CT molecular complexity index is 809. The summed E-state index contributed by atoms with van der Waals surface area (Å²) in [5.74, 6) is -2.76. The summed E-state index contributed by atoms with van der Waals surface area (Å²) in [6.45, 7) is 3.29. The second-order valence-electron chi connectivity index (χ2n) is 6.81. The average molecular weight is 395 g/mol. The van der Waals surface area contributed by atoms with Gasteiger partial charge in [0.1, 0.15) is 11.6 Å². The largest absolute Gasteiger partial charge is 0.465 e. The molecule has 144 valence electrons. The highest BCUT2D eigenvalue weighted by Gasteiger charge is 2.63. The van der Waals surface area contributed by atoms with Gasteiger partial charge in [0, 0.05) is 22.3 Å². The van der Waals surface area contributed by atoms with E-state index >= 15 is 0 Å². The monoisotopic (exact) mass is 394 g/mol. The first-order valence-electron chi connectivity index (χ1n) is 8.60. The van der Waals surface area contributed by atoms with Gasteiger partial charge in [0.25, 0.3) is 6.04 Å². The number of ether oxygens (including phenoxy) is 1. The Morgan fingerprint density at radius 2 is 2.11 bits per heavy atom.